The lowest BCUT2D eigenvalue weighted by molar-refractivity contribution is -0.416. The van der Waals surface area contributed by atoms with E-state index in [-0.39, 0.29) is 5.91 Å². The van der Waals surface area contributed by atoms with Gasteiger partial charge in [0.15, 0.2) is 0 Å². The van der Waals surface area contributed by atoms with Crippen molar-refractivity contribution in [1.29, 1.82) is 5.41 Å². The first-order chi connectivity index (χ1) is 16.6. The molecule has 7 heteroatoms. The molecule has 172 valence electrons. The Kier molecular flexibility index (Phi) is 6.16. The Hall–Kier alpha value is -3.87. The maximum Gasteiger partial charge on any atom is 0.274 e. The van der Waals surface area contributed by atoms with Gasteiger partial charge in [-0.25, -0.2) is 4.58 Å². The number of rotatable bonds is 7. The molecule has 2 saturated carbocycles. The van der Waals surface area contributed by atoms with E-state index in [2.05, 4.69) is 27.4 Å². The Bertz CT molecular complexity index is 1240. The van der Waals surface area contributed by atoms with E-state index in [9.17, 15) is 4.79 Å². The van der Waals surface area contributed by atoms with Crippen LogP contribution >= 0.6 is 0 Å². The van der Waals surface area contributed by atoms with Crippen molar-refractivity contribution >= 4 is 23.8 Å². The first-order valence-electron chi connectivity index (χ1n) is 11.9. The molecule has 1 aromatic carbocycles. The number of nitrogens with two attached hydrogens (primary N) is 1. The van der Waals surface area contributed by atoms with E-state index >= 15 is 0 Å². The largest absolute Gasteiger partial charge is 0.321 e. The second-order valence-corrected chi connectivity index (χ2v) is 9.07. The Morgan fingerprint density at radius 3 is 2.56 bits per heavy atom. The second-order valence-electron chi connectivity index (χ2n) is 9.07. The smallest absolute Gasteiger partial charge is 0.274 e. The van der Waals surface area contributed by atoms with Crippen LogP contribution in [0.5, 0.6) is 0 Å². The number of benzene rings is 1. The molecule has 0 aliphatic heterocycles. The summed E-state index contributed by atoms with van der Waals surface area (Å²) in [6.45, 7) is 0. The predicted molar refractivity (Wildman–Crippen MR) is 133 cm³/mol. The highest BCUT2D eigenvalue weighted by Crippen LogP contribution is 2.33. The molecule has 5 rings (SSSR count). The first-order valence-corrected chi connectivity index (χ1v) is 11.9. The molecule has 2 aromatic heterocycles. The van der Waals surface area contributed by atoms with Crippen molar-refractivity contribution in [2.24, 2.45) is 5.73 Å². The molecular formula is C27H29N6O+. The van der Waals surface area contributed by atoms with Gasteiger partial charge >= 0.3 is 0 Å². The third-order valence-corrected chi connectivity index (χ3v) is 6.66. The van der Waals surface area contributed by atoms with E-state index in [0.717, 1.165) is 35.2 Å². The molecule has 2 aliphatic rings. The van der Waals surface area contributed by atoms with E-state index in [4.69, 9.17) is 11.1 Å². The molecule has 2 aliphatic carbocycles. The van der Waals surface area contributed by atoms with E-state index < -0.39 is 0 Å². The number of nitrogens with one attached hydrogen (secondary N) is 2. The van der Waals surface area contributed by atoms with Crippen LogP contribution in [0.3, 0.4) is 0 Å². The molecule has 3 aromatic rings. The summed E-state index contributed by atoms with van der Waals surface area (Å²) in [7, 11) is 0. The van der Waals surface area contributed by atoms with Crippen molar-refractivity contribution in [2.45, 2.75) is 50.5 Å². The molecule has 0 radical (unpaired) electrons. The van der Waals surface area contributed by atoms with E-state index in [1.165, 1.54) is 32.0 Å². The van der Waals surface area contributed by atoms with E-state index in [1.807, 2.05) is 36.5 Å². The van der Waals surface area contributed by atoms with Crippen LogP contribution in [0.2, 0.25) is 0 Å². The number of aromatic nitrogens is 2. The number of anilines is 1. The van der Waals surface area contributed by atoms with Gasteiger partial charge < -0.3 is 11.1 Å². The molecule has 7 nitrogen and oxygen atoms in total. The Morgan fingerprint density at radius 1 is 1.03 bits per heavy atom. The highest BCUT2D eigenvalue weighted by Gasteiger charge is 2.29. The van der Waals surface area contributed by atoms with Gasteiger partial charge in [-0.3, -0.25) is 14.8 Å². The quantitative estimate of drug-likeness (QED) is 0.277. The Labute approximate surface area is 199 Å². The third kappa shape index (κ3) is 4.73. The van der Waals surface area contributed by atoms with E-state index in [0.29, 0.717) is 29.2 Å². The average Bonchev–Trinajstić information content (AvgIpc) is 3.56. The van der Waals surface area contributed by atoms with Crippen LogP contribution in [0.1, 0.15) is 66.2 Å². The number of hydrogen-bond donors (Lipinski definition) is 3. The van der Waals surface area contributed by atoms with Crippen molar-refractivity contribution in [1.82, 2.24) is 9.97 Å². The number of hydrogen-bond acceptors (Lipinski definition) is 4. The maximum absolute atomic E-state index is 12.9. The number of carbonyl (C=O) groups excluding carboxylic acids is 1. The van der Waals surface area contributed by atoms with Gasteiger partial charge in [-0.1, -0.05) is 25.0 Å². The van der Waals surface area contributed by atoms with Gasteiger partial charge in [0.1, 0.15) is 5.69 Å². The zero-order valence-electron chi connectivity index (χ0n) is 19.1. The summed E-state index contributed by atoms with van der Waals surface area (Å²) < 4.78 is 1.78. The lowest BCUT2D eigenvalue weighted by atomic mass is 10.0. The van der Waals surface area contributed by atoms with Gasteiger partial charge in [-0.2, -0.15) is 5.41 Å². The van der Waals surface area contributed by atoms with Crippen LogP contribution in [-0.2, 0) is 0 Å². The lowest BCUT2D eigenvalue weighted by Crippen LogP contribution is -2.30. The minimum absolute atomic E-state index is 0.292. The zero-order chi connectivity index (χ0) is 23.5. The summed E-state index contributed by atoms with van der Waals surface area (Å²) in [5, 5.41) is 10.6. The topological polar surface area (TPSA) is 108 Å². The van der Waals surface area contributed by atoms with Crippen LogP contribution < -0.4 is 11.1 Å². The van der Waals surface area contributed by atoms with Gasteiger partial charge in [0.05, 0.1) is 6.04 Å². The number of carbonyl (C=O) groups is 1. The molecular weight excluding hydrogens is 424 g/mol. The van der Waals surface area contributed by atoms with Gasteiger partial charge in [0, 0.05) is 40.8 Å². The second kappa shape index (κ2) is 9.55. The molecule has 4 N–H and O–H groups in total. The van der Waals surface area contributed by atoms with Crippen molar-refractivity contribution in [3.8, 4) is 11.1 Å². The first kappa shape index (κ1) is 21.9. The average molecular weight is 454 g/mol. The van der Waals surface area contributed by atoms with E-state index in [1.54, 1.807) is 16.8 Å². The summed E-state index contributed by atoms with van der Waals surface area (Å²) in [6, 6.07) is 15.5. The van der Waals surface area contributed by atoms with Crippen LogP contribution in [0, 0.1) is 5.41 Å². The highest BCUT2D eigenvalue weighted by atomic mass is 16.1. The number of amides is 1. The minimum atomic E-state index is -0.292. The zero-order valence-corrected chi connectivity index (χ0v) is 19.1. The summed E-state index contributed by atoms with van der Waals surface area (Å²) in [5.41, 5.74) is 11.1. The Morgan fingerprint density at radius 2 is 1.85 bits per heavy atom. The van der Waals surface area contributed by atoms with Crippen molar-refractivity contribution in [3.63, 3.8) is 0 Å². The fourth-order valence-corrected chi connectivity index (χ4v) is 4.60. The summed E-state index contributed by atoms with van der Waals surface area (Å²) >= 11 is 0. The molecule has 0 spiro atoms. The normalized spacial score (nSPS) is 16.7. The van der Waals surface area contributed by atoms with Crippen molar-refractivity contribution < 1.29 is 9.37 Å². The number of amidine groups is 1. The van der Waals surface area contributed by atoms with Crippen LogP contribution in [-0.4, -0.2) is 38.7 Å². The van der Waals surface area contributed by atoms with Gasteiger partial charge in [-0.05, 0) is 67.6 Å². The maximum atomic E-state index is 12.9. The predicted octanol–water partition coefficient (Wildman–Crippen LogP) is 4.54. The number of pyridine rings is 2. The molecule has 1 amide bonds. The van der Waals surface area contributed by atoms with Crippen LogP contribution in [0.4, 0.5) is 5.69 Å². The van der Waals surface area contributed by atoms with Crippen molar-refractivity contribution in [2.75, 3.05) is 5.32 Å². The molecule has 34 heavy (non-hydrogen) atoms. The summed E-state index contributed by atoms with van der Waals surface area (Å²) in [4.78, 5) is 21.9. The van der Waals surface area contributed by atoms with Crippen LogP contribution in [0.25, 0.3) is 11.1 Å². The standard InChI is InChI=1S/C27H28N6O/c28-17-33(23-9-10-23)26(29)20-6-3-7-22(14-20)32-27(34)25-15-19(12-13-30-25)21-8-11-24(31-16-21)18-4-1-2-5-18/h3,6-8,11-18,23,28-29H,1-2,4-5,9-10H2,(H,32,34)/p+1. The fraction of sp³-hybridized carbons (Fsp3) is 0.296. The lowest BCUT2D eigenvalue weighted by Gasteiger charge is -2.10. The minimum Gasteiger partial charge on any atom is -0.321 e. The van der Waals surface area contributed by atoms with Crippen molar-refractivity contribution in [3.05, 3.63) is 77.9 Å². The number of nitrogens with zero attached hydrogens (tertiary/aromatic N) is 3. The molecule has 0 saturated heterocycles. The fourth-order valence-electron chi connectivity index (χ4n) is 4.60. The summed E-state index contributed by atoms with van der Waals surface area (Å²) in [5.74, 6) is 0.798. The molecule has 0 bridgehead atoms. The van der Waals surface area contributed by atoms with Gasteiger partial charge in [0.2, 0.25) is 12.2 Å². The monoisotopic (exact) mass is 453 g/mol. The summed E-state index contributed by atoms with van der Waals surface area (Å²) in [6.07, 6.45) is 11.9. The Balaban J connectivity index is 1.32. The van der Waals surface area contributed by atoms with Crippen LogP contribution in [0.15, 0.2) is 60.9 Å². The molecule has 2 heterocycles. The highest BCUT2D eigenvalue weighted by molar-refractivity contribution is 6.04. The molecule has 2 fully saturated rings. The SMILES string of the molecule is N=C[N+](=C(N)c1cccc(NC(=O)c2cc(-c3ccc(C4CCCC4)nc3)ccn2)c1)C1CC1. The molecule has 0 unspecified atom stereocenters. The van der Waals surface area contributed by atoms with Gasteiger partial charge in [0.25, 0.3) is 5.91 Å². The van der Waals surface area contributed by atoms with Gasteiger partial charge in [-0.15, -0.1) is 0 Å². The third-order valence-electron chi connectivity index (χ3n) is 6.66. The molecule has 0 atom stereocenters.